The van der Waals surface area contributed by atoms with Gasteiger partial charge in [0.2, 0.25) is 0 Å². The first-order chi connectivity index (χ1) is 10.0. The summed E-state index contributed by atoms with van der Waals surface area (Å²) in [5, 5.41) is 0. The van der Waals surface area contributed by atoms with Crippen molar-refractivity contribution < 1.29 is 9.53 Å². The number of carbonyl (C=O) groups excluding carboxylic acids is 1. The molecule has 0 radical (unpaired) electrons. The molecule has 2 rings (SSSR count). The molecule has 1 fully saturated rings. The van der Waals surface area contributed by atoms with Crippen LogP contribution in [0.25, 0.3) is 0 Å². The van der Waals surface area contributed by atoms with E-state index >= 15 is 0 Å². The van der Waals surface area contributed by atoms with Crippen LogP contribution >= 0.6 is 15.9 Å². The smallest absolute Gasteiger partial charge is 0.253 e. The molecule has 4 nitrogen and oxygen atoms in total. The van der Waals surface area contributed by atoms with E-state index in [4.69, 9.17) is 4.74 Å². The Morgan fingerprint density at radius 1 is 1.24 bits per heavy atom. The van der Waals surface area contributed by atoms with Crippen molar-refractivity contribution in [2.24, 2.45) is 0 Å². The van der Waals surface area contributed by atoms with Gasteiger partial charge in [0.05, 0.1) is 6.61 Å². The number of rotatable bonds is 4. The number of hydrogen-bond acceptors (Lipinski definition) is 3. The van der Waals surface area contributed by atoms with Crippen molar-refractivity contribution in [3.63, 3.8) is 0 Å². The van der Waals surface area contributed by atoms with Gasteiger partial charge in [-0.05, 0) is 38.1 Å². The second kappa shape index (κ2) is 7.38. The summed E-state index contributed by atoms with van der Waals surface area (Å²) in [7, 11) is 1.72. The maximum absolute atomic E-state index is 12.6. The SMILES string of the molecule is COCCN1C(C)CN(C(=O)c2ccc(Br)cc2)CC1C. The lowest BCUT2D eigenvalue weighted by Crippen LogP contribution is -2.58. The molecule has 0 spiro atoms. The molecule has 21 heavy (non-hydrogen) atoms. The van der Waals surface area contributed by atoms with Crippen LogP contribution < -0.4 is 0 Å². The number of hydrogen-bond donors (Lipinski definition) is 0. The Labute approximate surface area is 135 Å². The van der Waals surface area contributed by atoms with Gasteiger partial charge in [0, 0.05) is 48.9 Å². The highest BCUT2D eigenvalue weighted by atomic mass is 79.9. The number of methoxy groups -OCH3 is 1. The Balaban J connectivity index is 2.03. The topological polar surface area (TPSA) is 32.8 Å². The summed E-state index contributed by atoms with van der Waals surface area (Å²) in [6.07, 6.45) is 0. The summed E-state index contributed by atoms with van der Waals surface area (Å²) in [6.45, 7) is 7.53. The van der Waals surface area contributed by atoms with Crippen molar-refractivity contribution in [3.8, 4) is 0 Å². The van der Waals surface area contributed by atoms with Crippen LogP contribution in [0.3, 0.4) is 0 Å². The summed E-state index contributed by atoms with van der Waals surface area (Å²) in [6, 6.07) is 8.27. The van der Waals surface area contributed by atoms with Gasteiger partial charge in [-0.1, -0.05) is 15.9 Å². The summed E-state index contributed by atoms with van der Waals surface area (Å²) in [5.74, 6) is 0.118. The second-order valence-electron chi connectivity index (χ2n) is 5.65. The average molecular weight is 355 g/mol. The van der Waals surface area contributed by atoms with E-state index in [0.29, 0.717) is 12.1 Å². The van der Waals surface area contributed by atoms with Crippen LogP contribution in [0.1, 0.15) is 24.2 Å². The van der Waals surface area contributed by atoms with Gasteiger partial charge >= 0.3 is 0 Å². The predicted octanol–water partition coefficient (Wildman–Crippen LogP) is 2.63. The fourth-order valence-corrected chi connectivity index (χ4v) is 3.20. The van der Waals surface area contributed by atoms with Gasteiger partial charge in [-0.3, -0.25) is 9.69 Å². The van der Waals surface area contributed by atoms with Crippen LogP contribution in [0.2, 0.25) is 0 Å². The first-order valence-electron chi connectivity index (χ1n) is 7.32. The molecule has 5 heteroatoms. The van der Waals surface area contributed by atoms with Crippen molar-refractivity contribution in [1.29, 1.82) is 0 Å². The molecule has 2 unspecified atom stereocenters. The van der Waals surface area contributed by atoms with Gasteiger partial charge in [-0.15, -0.1) is 0 Å². The summed E-state index contributed by atoms with van der Waals surface area (Å²) < 4.78 is 6.16. The van der Waals surface area contributed by atoms with Crippen molar-refractivity contribution in [3.05, 3.63) is 34.3 Å². The van der Waals surface area contributed by atoms with E-state index in [1.165, 1.54) is 0 Å². The Morgan fingerprint density at radius 2 is 1.81 bits per heavy atom. The minimum absolute atomic E-state index is 0.118. The van der Waals surface area contributed by atoms with Crippen molar-refractivity contribution in [2.45, 2.75) is 25.9 Å². The maximum atomic E-state index is 12.6. The molecule has 0 bridgehead atoms. The molecule has 0 N–H and O–H groups in total. The Kier molecular flexibility index (Phi) is 5.79. The molecule has 1 aliphatic rings. The van der Waals surface area contributed by atoms with Gasteiger partial charge in [-0.2, -0.15) is 0 Å². The van der Waals surface area contributed by atoms with E-state index in [-0.39, 0.29) is 5.91 Å². The highest BCUT2D eigenvalue weighted by molar-refractivity contribution is 9.10. The molecule has 1 aromatic carbocycles. The third-order valence-corrected chi connectivity index (χ3v) is 4.56. The average Bonchev–Trinajstić information content (AvgIpc) is 2.46. The number of amides is 1. The largest absolute Gasteiger partial charge is 0.383 e. The Morgan fingerprint density at radius 3 is 2.33 bits per heavy atom. The molecule has 116 valence electrons. The zero-order chi connectivity index (χ0) is 15.4. The Hall–Kier alpha value is -0.910. The monoisotopic (exact) mass is 354 g/mol. The summed E-state index contributed by atoms with van der Waals surface area (Å²) >= 11 is 3.40. The predicted molar refractivity (Wildman–Crippen MR) is 87.6 cm³/mol. The summed E-state index contributed by atoms with van der Waals surface area (Å²) in [4.78, 5) is 17.0. The van der Waals surface area contributed by atoms with Crippen molar-refractivity contribution in [2.75, 3.05) is 33.4 Å². The van der Waals surface area contributed by atoms with Crippen LogP contribution in [-0.2, 0) is 4.74 Å². The number of nitrogens with zero attached hydrogens (tertiary/aromatic N) is 2. The van der Waals surface area contributed by atoms with E-state index < -0.39 is 0 Å². The molecule has 0 aromatic heterocycles. The number of ether oxygens (including phenoxy) is 1. The fourth-order valence-electron chi connectivity index (χ4n) is 2.93. The highest BCUT2D eigenvalue weighted by Gasteiger charge is 2.31. The summed E-state index contributed by atoms with van der Waals surface area (Å²) in [5.41, 5.74) is 0.753. The van der Waals surface area contributed by atoms with Gasteiger partial charge in [0.15, 0.2) is 0 Å². The minimum Gasteiger partial charge on any atom is -0.383 e. The molecule has 1 aromatic rings. The van der Waals surface area contributed by atoms with Gasteiger partial charge < -0.3 is 9.64 Å². The van der Waals surface area contributed by atoms with Crippen LogP contribution in [0.4, 0.5) is 0 Å². The number of piperazine rings is 1. The van der Waals surface area contributed by atoms with Crippen LogP contribution in [0, 0.1) is 0 Å². The second-order valence-corrected chi connectivity index (χ2v) is 6.56. The van der Waals surface area contributed by atoms with E-state index in [1.807, 2.05) is 29.2 Å². The van der Waals surface area contributed by atoms with Crippen molar-refractivity contribution in [1.82, 2.24) is 9.80 Å². The lowest BCUT2D eigenvalue weighted by atomic mass is 10.1. The lowest BCUT2D eigenvalue weighted by molar-refractivity contribution is 0.0193. The number of halogens is 1. The molecule has 1 saturated heterocycles. The molecule has 1 aliphatic heterocycles. The standard InChI is InChI=1S/C16H23BrN2O2/c1-12-10-18(11-13(2)19(12)8-9-21-3)16(20)14-4-6-15(17)7-5-14/h4-7,12-13H,8-11H2,1-3H3. The van der Waals surface area contributed by atoms with E-state index in [2.05, 4.69) is 34.7 Å². The fraction of sp³-hybridized carbons (Fsp3) is 0.562. The normalized spacial score (nSPS) is 23.3. The van der Waals surface area contributed by atoms with Gasteiger partial charge in [0.25, 0.3) is 5.91 Å². The number of benzene rings is 1. The zero-order valence-electron chi connectivity index (χ0n) is 12.9. The quantitative estimate of drug-likeness (QED) is 0.833. The van der Waals surface area contributed by atoms with Crippen LogP contribution in [0.5, 0.6) is 0 Å². The van der Waals surface area contributed by atoms with E-state index in [0.717, 1.165) is 36.3 Å². The molecule has 0 saturated carbocycles. The third-order valence-electron chi connectivity index (χ3n) is 4.03. The molecular weight excluding hydrogens is 332 g/mol. The minimum atomic E-state index is 0.118. The van der Waals surface area contributed by atoms with Crippen molar-refractivity contribution >= 4 is 21.8 Å². The number of carbonyl (C=O) groups is 1. The molecule has 0 aliphatic carbocycles. The third kappa shape index (κ3) is 4.05. The molecule has 2 atom stereocenters. The van der Waals surface area contributed by atoms with E-state index in [9.17, 15) is 4.79 Å². The first-order valence-corrected chi connectivity index (χ1v) is 8.11. The highest BCUT2D eigenvalue weighted by Crippen LogP contribution is 2.19. The lowest BCUT2D eigenvalue weighted by Gasteiger charge is -2.44. The van der Waals surface area contributed by atoms with Crippen LogP contribution in [-0.4, -0.2) is 61.1 Å². The van der Waals surface area contributed by atoms with Gasteiger partial charge in [0.1, 0.15) is 0 Å². The molecule has 1 amide bonds. The molecular formula is C16H23BrN2O2. The Bertz CT molecular complexity index is 466. The first kappa shape index (κ1) is 16.5. The van der Waals surface area contributed by atoms with E-state index in [1.54, 1.807) is 7.11 Å². The van der Waals surface area contributed by atoms with Crippen LogP contribution in [0.15, 0.2) is 28.7 Å². The maximum Gasteiger partial charge on any atom is 0.253 e. The van der Waals surface area contributed by atoms with Gasteiger partial charge in [-0.25, -0.2) is 0 Å². The molecule has 1 heterocycles. The zero-order valence-corrected chi connectivity index (χ0v) is 14.5.